The molecule has 0 aliphatic carbocycles. The van der Waals surface area contributed by atoms with Crippen LogP contribution in [0.3, 0.4) is 0 Å². The van der Waals surface area contributed by atoms with Crippen LogP contribution in [0.5, 0.6) is 0 Å². The summed E-state index contributed by atoms with van der Waals surface area (Å²) in [6, 6.07) is -1.11. The Hall–Kier alpha value is -1.44. The molecule has 2 fully saturated rings. The molecular weight excluding hydrogens is 236 g/mol. The lowest BCUT2D eigenvalue weighted by Gasteiger charge is -2.49. The van der Waals surface area contributed by atoms with Crippen molar-refractivity contribution >= 4 is 29.7 Å². The highest BCUT2D eigenvalue weighted by Gasteiger charge is 2.52. The summed E-state index contributed by atoms with van der Waals surface area (Å²) in [6.45, 7) is 0. The van der Waals surface area contributed by atoms with Crippen LogP contribution in [-0.2, 0) is 14.3 Å². The van der Waals surface area contributed by atoms with E-state index in [-0.39, 0.29) is 11.3 Å². The van der Waals surface area contributed by atoms with Crippen molar-refractivity contribution < 1.29 is 24.2 Å². The molecule has 0 aromatic rings. The third kappa shape index (κ3) is 1.69. The summed E-state index contributed by atoms with van der Waals surface area (Å²) in [5, 5.41) is 8.92. The minimum absolute atomic E-state index is 0.110. The Labute approximate surface area is 94.9 Å². The summed E-state index contributed by atoms with van der Waals surface area (Å²) in [4.78, 5) is 34.2. The number of amides is 2. The van der Waals surface area contributed by atoms with E-state index < -0.39 is 24.2 Å². The van der Waals surface area contributed by atoms with Gasteiger partial charge in [0.25, 0.3) is 0 Å². The minimum atomic E-state index is -1.18. The molecule has 0 aromatic carbocycles. The summed E-state index contributed by atoms with van der Waals surface area (Å²) >= 11 is 1.40. The summed E-state index contributed by atoms with van der Waals surface area (Å²) in [6.07, 6.45) is -1.55. The molecule has 0 spiro atoms. The zero-order chi connectivity index (χ0) is 11.9. The van der Waals surface area contributed by atoms with Crippen LogP contribution in [-0.4, -0.2) is 51.2 Å². The first-order valence-corrected chi connectivity index (χ1v) is 5.67. The first kappa shape index (κ1) is 11.1. The molecule has 88 valence electrons. The number of carboxylic acids is 1. The van der Waals surface area contributed by atoms with E-state index in [4.69, 9.17) is 15.6 Å². The molecule has 2 amide bonds. The lowest BCUT2D eigenvalue weighted by Crippen LogP contribution is -2.66. The van der Waals surface area contributed by atoms with Gasteiger partial charge in [0, 0.05) is 5.75 Å². The predicted molar refractivity (Wildman–Crippen MR) is 53.6 cm³/mol. The van der Waals surface area contributed by atoms with Gasteiger partial charge in [-0.15, -0.1) is 11.8 Å². The van der Waals surface area contributed by atoms with E-state index >= 15 is 0 Å². The van der Waals surface area contributed by atoms with E-state index in [9.17, 15) is 14.4 Å². The van der Waals surface area contributed by atoms with Crippen LogP contribution in [0, 0.1) is 0 Å². The molecule has 2 saturated heterocycles. The standard InChI is InChI=1S/C8H10N2O5S/c9-8(14)15-3-2-16-5-1-4(11)10(5)6(3)7(12)13/h3,5-6H,1-2H2,(H2,9,14)(H,12,13)/t3?,5-,6?/m1/s1. The molecular formula is C8H10N2O5S. The monoisotopic (exact) mass is 246 g/mol. The Balaban J connectivity index is 2.16. The Morgan fingerprint density at radius 1 is 1.56 bits per heavy atom. The van der Waals surface area contributed by atoms with Crippen LogP contribution >= 0.6 is 11.8 Å². The zero-order valence-corrected chi connectivity index (χ0v) is 8.98. The molecule has 0 saturated carbocycles. The third-order valence-electron chi connectivity index (χ3n) is 2.57. The van der Waals surface area contributed by atoms with Crippen molar-refractivity contribution in [1.82, 2.24) is 4.90 Å². The fourth-order valence-corrected chi connectivity index (χ4v) is 3.21. The van der Waals surface area contributed by atoms with Gasteiger partial charge in [-0.05, 0) is 0 Å². The fourth-order valence-electron chi connectivity index (χ4n) is 1.88. The summed E-state index contributed by atoms with van der Waals surface area (Å²) in [5.74, 6) is -1.07. The molecule has 2 heterocycles. The number of β-lactam (4-membered cyclic amide) rings is 1. The van der Waals surface area contributed by atoms with Gasteiger partial charge in [-0.25, -0.2) is 9.59 Å². The van der Waals surface area contributed by atoms with Gasteiger partial charge in [0.1, 0.15) is 6.10 Å². The Morgan fingerprint density at radius 2 is 2.25 bits per heavy atom. The largest absolute Gasteiger partial charge is 0.480 e. The molecule has 2 aliphatic rings. The lowest BCUT2D eigenvalue weighted by molar-refractivity contribution is -0.163. The average Bonchev–Trinajstić information content (AvgIpc) is 2.17. The van der Waals surface area contributed by atoms with Crippen molar-refractivity contribution in [3.63, 3.8) is 0 Å². The Morgan fingerprint density at radius 3 is 2.75 bits per heavy atom. The number of hydrogen-bond donors (Lipinski definition) is 2. The van der Waals surface area contributed by atoms with Gasteiger partial charge < -0.3 is 20.5 Å². The van der Waals surface area contributed by atoms with E-state index in [0.29, 0.717) is 12.2 Å². The van der Waals surface area contributed by atoms with E-state index in [1.54, 1.807) is 0 Å². The molecule has 0 bridgehead atoms. The van der Waals surface area contributed by atoms with Gasteiger partial charge in [-0.1, -0.05) is 0 Å². The van der Waals surface area contributed by atoms with Gasteiger partial charge in [0.2, 0.25) is 5.91 Å². The third-order valence-corrected chi connectivity index (χ3v) is 3.87. The minimum Gasteiger partial charge on any atom is -0.480 e. The molecule has 2 aliphatic heterocycles. The molecule has 2 unspecified atom stereocenters. The quantitative estimate of drug-likeness (QED) is 0.618. The summed E-state index contributed by atoms with van der Waals surface area (Å²) in [7, 11) is 0. The highest BCUT2D eigenvalue weighted by molar-refractivity contribution is 8.00. The molecule has 0 radical (unpaired) electrons. The van der Waals surface area contributed by atoms with Crippen LogP contribution in [0.15, 0.2) is 0 Å². The fraction of sp³-hybridized carbons (Fsp3) is 0.625. The molecule has 3 atom stereocenters. The van der Waals surface area contributed by atoms with E-state index in [2.05, 4.69) is 0 Å². The van der Waals surface area contributed by atoms with Crippen molar-refractivity contribution in [2.75, 3.05) is 5.75 Å². The number of thioether (sulfide) groups is 1. The summed E-state index contributed by atoms with van der Waals surface area (Å²) in [5.41, 5.74) is 4.85. The van der Waals surface area contributed by atoms with Crippen molar-refractivity contribution in [2.45, 2.75) is 23.9 Å². The second kappa shape index (κ2) is 3.85. The predicted octanol–water partition coefficient (Wildman–Crippen LogP) is -0.791. The Kier molecular flexibility index (Phi) is 2.66. The maximum absolute atomic E-state index is 11.3. The normalized spacial score (nSPS) is 32.6. The number of fused-ring (bicyclic) bond motifs is 1. The van der Waals surface area contributed by atoms with Crippen LogP contribution in [0.25, 0.3) is 0 Å². The molecule has 3 N–H and O–H groups in total. The SMILES string of the molecule is NC(=O)OC1CS[C@@H]2CC(=O)N2C1C(=O)O. The van der Waals surface area contributed by atoms with E-state index in [0.717, 1.165) is 0 Å². The van der Waals surface area contributed by atoms with Gasteiger partial charge in [0.05, 0.1) is 11.8 Å². The van der Waals surface area contributed by atoms with E-state index in [1.165, 1.54) is 16.7 Å². The number of hydrogen-bond acceptors (Lipinski definition) is 5. The van der Waals surface area contributed by atoms with Crippen LogP contribution < -0.4 is 5.73 Å². The highest BCUT2D eigenvalue weighted by Crippen LogP contribution is 2.38. The number of ether oxygens (including phenoxy) is 1. The number of nitrogens with zero attached hydrogens (tertiary/aromatic N) is 1. The smallest absolute Gasteiger partial charge is 0.404 e. The number of carbonyl (C=O) groups is 3. The van der Waals surface area contributed by atoms with Crippen molar-refractivity contribution in [3.05, 3.63) is 0 Å². The molecule has 8 heteroatoms. The van der Waals surface area contributed by atoms with Crippen molar-refractivity contribution in [1.29, 1.82) is 0 Å². The highest BCUT2D eigenvalue weighted by atomic mass is 32.2. The van der Waals surface area contributed by atoms with Crippen LogP contribution in [0.4, 0.5) is 4.79 Å². The molecule has 0 aromatic heterocycles. The lowest BCUT2D eigenvalue weighted by atomic mass is 10.0. The van der Waals surface area contributed by atoms with Crippen molar-refractivity contribution in [3.8, 4) is 0 Å². The van der Waals surface area contributed by atoms with E-state index in [1.807, 2.05) is 0 Å². The van der Waals surface area contributed by atoms with Gasteiger partial charge >= 0.3 is 12.1 Å². The first-order valence-electron chi connectivity index (χ1n) is 4.62. The number of carbonyl (C=O) groups excluding carboxylic acids is 2. The van der Waals surface area contributed by atoms with Gasteiger partial charge in [-0.3, -0.25) is 4.79 Å². The number of carboxylic acid groups (broad SMARTS) is 1. The first-order chi connectivity index (χ1) is 7.50. The van der Waals surface area contributed by atoms with Gasteiger partial charge in [0.15, 0.2) is 6.04 Å². The van der Waals surface area contributed by atoms with Crippen LogP contribution in [0.1, 0.15) is 6.42 Å². The number of primary amides is 1. The molecule has 7 nitrogen and oxygen atoms in total. The number of aliphatic carboxylic acids is 1. The molecule has 16 heavy (non-hydrogen) atoms. The van der Waals surface area contributed by atoms with Crippen molar-refractivity contribution in [2.24, 2.45) is 5.73 Å². The maximum atomic E-state index is 11.3. The maximum Gasteiger partial charge on any atom is 0.404 e. The Bertz CT molecular complexity index is 360. The average molecular weight is 246 g/mol. The second-order valence-corrected chi connectivity index (χ2v) is 4.76. The second-order valence-electron chi connectivity index (χ2n) is 3.55. The summed E-state index contributed by atoms with van der Waals surface area (Å²) < 4.78 is 4.71. The van der Waals surface area contributed by atoms with Crippen LogP contribution in [0.2, 0.25) is 0 Å². The zero-order valence-electron chi connectivity index (χ0n) is 8.16. The van der Waals surface area contributed by atoms with Gasteiger partial charge in [-0.2, -0.15) is 0 Å². The number of nitrogens with two attached hydrogens (primary N) is 1. The number of rotatable bonds is 2. The molecule has 2 rings (SSSR count). The topological polar surface area (TPSA) is 110 Å².